The summed E-state index contributed by atoms with van der Waals surface area (Å²) in [6, 6.07) is 23.0. The van der Waals surface area contributed by atoms with Crippen molar-refractivity contribution >= 4 is 28.9 Å². The Morgan fingerprint density at radius 2 is 1.56 bits per heavy atom. The van der Waals surface area contributed by atoms with Crippen LogP contribution in [0.3, 0.4) is 0 Å². The van der Waals surface area contributed by atoms with Crippen LogP contribution in [0.5, 0.6) is 0 Å². The summed E-state index contributed by atoms with van der Waals surface area (Å²) in [4.78, 5) is 16.1. The van der Waals surface area contributed by atoms with Gasteiger partial charge < -0.3 is 5.11 Å². The predicted octanol–water partition coefficient (Wildman–Crippen LogP) is 6.50. The zero-order valence-corrected chi connectivity index (χ0v) is 15.7. The highest BCUT2D eigenvalue weighted by atomic mass is 35.5. The second-order valence-electron chi connectivity index (χ2n) is 5.98. The lowest BCUT2D eigenvalue weighted by molar-refractivity contribution is 0.0697. The van der Waals surface area contributed by atoms with E-state index in [9.17, 15) is 9.90 Å². The van der Waals surface area contributed by atoms with E-state index in [2.05, 4.69) is 0 Å². The molecule has 0 amide bonds. The van der Waals surface area contributed by atoms with Gasteiger partial charge in [-0.3, -0.25) is 0 Å². The lowest BCUT2D eigenvalue weighted by atomic mass is 10.0. The van der Waals surface area contributed by atoms with E-state index in [0.717, 1.165) is 33.0 Å². The van der Waals surface area contributed by atoms with Crippen LogP contribution in [0.2, 0.25) is 5.02 Å². The van der Waals surface area contributed by atoms with Crippen molar-refractivity contribution in [2.75, 3.05) is 0 Å². The van der Waals surface area contributed by atoms with E-state index in [4.69, 9.17) is 16.6 Å². The predicted molar refractivity (Wildman–Crippen MR) is 110 cm³/mol. The molecule has 0 saturated carbocycles. The Morgan fingerprint density at radius 1 is 0.852 bits per heavy atom. The lowest BCUT2D eigenvalue weighted by Gasteiger charge is -2.06. The average Bonchev–Trinajstić information content (AvgIpc) is 3.19. The number of rotatable bonds is 4. The molecule has 0 bridgehead atoms. The van der Waals surface area contributed by atoms with Crippen LogP contribution in [-0.2, 0) is 0 Å². The van der Waals surface area contributed by atoms with Gasteiger partial charge in [0.1, 0.15) is 5.01 Å². The maximum absolute atomic E-state index is 11.3. The van der Waals surface area contributed by atoms with E-state index in [1.807, 2.05) is 66.0 Å². The standard InChI is InChI=1S/C22H14ClNO2S/c23-19-10-9-16(12-18(19)22(25)26)15-7-4-8-17(11-15)20-13-27-21(24-20)14-5-2-1-3-6-14/h1-13H,(H,25,26). The number of aromatic nitrogens is 1. The Hall–Kier alpha value is -2.95. The molecule has 0 aliphatic carbocycles. The summed E-state index contributed by atoms with van der Waals surface area (Å²) >= 11 is 7.58. The number of aromatic carboxylic acids is 1. The van der Waals surface area contributed by atoms with Gasteiger partial charge >= 0.3 is 5.97 Å². The molecule has 132 valence electrons. The van der Waals surface area contributed by atoms with Crippen LogP contribution in [0.1, 0.15) is 10.4 Å². The molecular weight excluding hydrogens is 378 g/mol. The van der Waals surface area contributed by atoms with Crippen molar-refractivity contribution in [3.05, 3.63) is 88.8 Å². The second-order valence-corrected chi connectivity index (χ2v) is 7.25. The second kappa shape index (κ2) is 7.35. The van der Waals surface area contributed by atoms with E-state index in [-0.39, 0.29) is 10.6 Å². The van der Waals surface area contributed by atoms with Crippen LogP contribution >= 0.6 is 22.9 Å². The van der Waals surface area contributed by atoms with Gasteiger partial charge in [0.25, 0.3) is 0 Å². The fourth-order valence-corrected chi connectivity index (χ4v) is 3.88. The Morgan fingerprint density at radius 3 is 2.33 bits per heavy atom. The van der Waals surface area contributed by atoms with E-state index in [1.54, 1.807) is 23.5 Å². The SMILES string of the molecule is O=C(O)c1cc(-c2cccc(-c3csc(-c4ccccc4)n3)c2)ccc1Cl. The molecule has 3 nitrogen and oxygen atoms in total. The zero-order chi connectivity index (χ0) is 18.8. The van der Waals surface area contributed by atoms with Gasteiger partial charge in [0, 0.05) is 16.5 Å². The third kappa shape index (κ3) is 3.63. The normalized spacial score (nSPS) is 10.7. The van der Waals surface area contributed by atoms with Crippen molar-refractivity contribution in [1.82, 2.24) is 4.98 Å². The first kappa shape index (κ1) is 17.5. The molecule has 5 heteroatoms. The van der Waals surface area contributed by atoms with Crippen LogP contribution in [0.4, 0.5) is 0 Å². The number of thiazole rings is 1. The highest BCUT2D eigenvalue weighted by molar-refractivity contribution is 7.13. The van der Waals surface area contributed by atoms with Crippen LogP contribution in [0.15, 0.2) is 78.2 Å². The molecule has 27 heavy (non-hydrogen) atoms. The van der Waals surface area contributed by atoms with Gasteiger partial charge in [-0.05, 0) is 29.3 Å². The van der Waals surface area contributed by atoms with Crippen LogP contribution in [-0.4, -0.2) is 16.1 Å². The first-order chi connectivity index (χ1) is 13.1. The number of carboxylic acid groups (broad SMARTS) is 1. The summed E-state index contributed by atoms with van der Waals surface area (Å²) in [7, 11) is 0. The lowest BCUT2D eigenvalue weighted by Crippen LogP contribution is -1.97. The third-order valence-corrected chi connectivity index (χ3v) is 5.43. The molecule has 0 saturated heterocycles. The summed E-state index contributed by atoms with van der Waals surface area (Å²) in [6.07, 6.45) is 0. The maximum Gasteiger partial charge on any atom is 0.337 e. The fourth-order valence-electron chi connectivity index (χ4n) is 2.85. The van der Waals surface area contributed by atoms with Gasteiger partial charge in [-0.15, -0.1) is 11.3 Å². The van der Waals surface area contributed by atoms with Gasteiger partial charge in [-0.25, -0.2) is 9.78 Å². The van der Waals surface area contributed by atoms with E-state index in [0.29, 0.717) is 0 Å². The Kier molecular flexibility index (Phi) is 4.75. The highest BCUT2D eigenvalue weighted by Gasteiger charge is 2.12. The first-order valence-corrected chi connectivity index (χ1v) is 9.52. The zero-order valence-electron chi connectivity index (χ0n) is 14.1. The Balaban J connectivity index is 1.71. The molecule has 4 aromatic rings. The first-order valence-electron chi connectivity index (χ1n) is 8.26. The number of hydrogen-bond donors (Lipinski definition) is 1. The minimum Gasteiger partial charge on any atom is -0.478 e. The summed E-state index contributed by atoms with van der Waals surface area (Å²) in [5, 5.41) is 12.5. The van der Waals surface area contributed by atoms with Gasteiger partial charge in [-0.1, -0.05) is 66.2 Å². The molecule has 0 spiro atoms. The Bertz CT molecular complexity index is 1120. The smallest absolute Gasteiger partial charge is 0.337 e. The van der Waals surface area contributed by atoms with Crippen molar-refractivity contribution < 1.29 is 9.90 Å². The minimum absolute atomic E-state index is 0.0968. The van der Waals surface area contributed by atoms with Gasteiger partial charge in [0.05, 0.1) is 16.3 Å². The number of carboxylic acids is 1. The molecule has 1 heterocycles. The van der Waals surface area contributed by atoms with Gasteiger partial charge in [0.15, 0.2) is 0 Å². The van der Waals surface area contributed by atoms with E-state index < -0.39 is 5.97 Å². The molecule has 1 aromatic heterocycles. The molecule has 0 aliphatic heterocycles. The average molecular weight is 392 g/mol. The Labute approximate surface area is 165 Å². The monoisotopic (exact) mass is 391 g/mol. The minimum atomic E-state index is -1.04. The van der Waals surface area contributed by atoms with Crippen molar-refractivity contribution in [3.8, 4) is 33.0 Å². The summed E-state index contributed by atoms with van der Waals surface area (Å²) in [6.45, 7) is 0. The van der Waals surface area contributed by atoms with Crippen molar-refractivity contribution in [2.45, 2.75) is 0 Å². The van der Waals surface area contributed by atoms with Gasteiger partial charge in [-0.2, -0.15) is 0 Å². The molecule has 0 unspecified atom stereocenters. The topological polar surface area (TPSA) is 50.2 Å². The number of halogens is 1. The number of benzene rings is 3. The molecule has 0 fully saturated rings. The van der Waals surface area contributed by atoms with Gasteiger partial charge in [0.2, 0.25) is 0 Å². The van der Waals surface area contributed by atoms with Crippen molar-refractivity contribution in [3.63, 3.8) is 0 Å². The number of hydrogen-bond acceptors (Lipinski definition) is 3. The fraction of sp³-hybridized carbons (Fsp3) is 0. The third-order valence-electron chi connectivity index (χ3n) is 4.21. The van der Waals surface area contributed by atoms with Crippen LogP contribution in [0, 0.1) is 0 Å². The molecule has 4 rings (SSSR count). The molecule has 0 atom stereocenters. The summed E-state index contributed by atoms with van der Waals surface area (Å²) in [5.74, 6) is -1.04. The molecule has 3 aromatic carbocycles. The van der Waals surface area contributed by atoms with Crippen molar-refractivity contribution in [2.24, 2.45) is 0 Å². The van der Waals surface area contributed by atoms with Crippen LogP contribution < -0.4 is 0 Å². The van der Waals surface area contributed by atoms with Crippen molar-refractivity contribution in [1.29, 1.82) is 0 Å². The van der Waals surface area contributed by atoms with E-state index >= 15 is 0 Å². The number of carbonyl (C=O) groups is 1. The summed E-state index contributed by atoms with van der Waals surface area (Å²) < 4.78 is 0. The summed E-state index contributed by atoms with van der Waals surface area (Å²) in [5.41, 5.74) is 4.79. The quantitative estimate of drug-likeness (QED) is 0.432. The largest absolute Gasteiger partial charge is 0.478 e. The number of nitrogens with zero attached hydrogens (tertiary/aromatic N) is 1. The van der Waals surface area contributed by atoms with E-state index in [1.165, 1.54) is 0 Å². The maximum atomic E-state index is 11.3. The molecule has 0 aliphatic rings. The molecule has 0 radical (unpaired) electrons. The molecule has 1 N–H and O–H groups in total. The highest BCUT2D eigenvalue weighted by Crippen LogP contribution is 2.32. The molecular formula is C22H14ClNO2S. The van der Waals surface area contributed by atoms with Crippen LogP contribution in [0.25, 0.3) is 33.0 Å².